The van der Waals surface area contributed by atoms with Crippen LogP contribution in [0.3, 0.4) is 0 Å². The van der Waals surface area contributed by atoms with Crippen molar-refractivity contribution in [3.8, 4) is 0 Å². The highest BCUT2D eigenvalue weighted by atomic mass is 32.2. The van der Waals surface area contributed by atoms with E-state index in [0.29, 0.717) is 18.0 Å². The van der Waals surface area contributed by atoms with Crippen molar-refractivity contribution in [2.75, 3.05) is 20.1 Å². The van der Waals surface area contributed by atoms with Crippen molar-refractivity contribution >= 4 is 10.0 Å². The van der Waals surface area contributed by atoms with Crippen molar-refractivity contribution in [2.45, 2.75) is 43.8 Å². The number of nitrogens with one attached hydrogen (secondary N) is 1. The number of likely N-dealkylation sites (tertiary alicyclic amines) is 1. The van der Waals surface area contributed by atoms with Gasteiger partial charge in [0, 0.05) is 37.6 Å². The van der Waals surface area contributed by atoms with E-state index in [-0.39, 0.29) is 6.04 Å². The summed E-state index contributed by atoms with van der Waals surface area (Å²) >= 11 is 0. The van der Waals surface area contributed by atoms with Crippen LogP contribution in [-0.4, -0.2) is 44.1 Å². The smallest absolute Gasteiger partial charge is 0.242 e. The predicted molar refractivity (Wildman–Crippen MR) is 78.8 cm³/mol. The summed E-state index contributed by atoms with van der Waals surface area (Å²) in [5, 5.41) is 0. The highest BCUT2D eigenvalue weighted by molar-refractivity contribution is 7.89. The summed E-state index contributed by atoms with van der Waals surface area (Å²) in [6.07, 6.45) is 3.58. The summed E-state index contributed by atoms with van der Waals surface area (Å²) in [5.74, 6) is 0. The average molecular weight is 300 g/mol. The summed E-state index contributed by atoms with van der Waals surface area (Å²) in [7, 11) is -1.44. The Morgan fingerprint density at radius 2 is 2.25 bits per heavy atom. The van der Waals surface area contributed by atoms with Gasteiger partial charge in [-0.05, 0) is 39.4 Å². The number of nitrogens with two attached hydrogens (primary N) is 1. The molecule has 0 saturated carbocycles. The van der Waals surface area contributed by atoms with Crippen molar-refractivity contribution < 1.29 is 8.42 Å². The van der Waals surface area contributed by atoms with Crippen LogP contribution in [0.25, 0.3) is 0 Å². The number of piperidine rings is 1. The van der Waals surface area contributed by atoms with E-state index in [1.165, 1.54) is 0 Å². The number of hydrogen-bond donors (Lipinski definition) is 2. The maximum Gasteiger partial charge on any atom is 0.242 e. The standard InChI is InChI=1S/C13H24N4O2S/c1-3-17-10-13(7-12(17)8-14)20(18,19)15-11-5-4-6-16(2)9-11/h7,10-11,15H,3-6,8-9,14H2,1-2H3. The van der Waals surface area contributed by atoms with Gasteiger partial charge in [0.25, 0.3) is 0 Å². The maximum absolute atomic E-state index is 12.4. The Morgan fingerprint density at radius 3 is 2.80 bits per heavy atom. The third-order valence-corrected chi connectivity index (χ3v) is 5.25. The Kier molecular flexibility index (Phi) is 4.85. The van der Waals surface area contributed by atoms with Crippen molar-refractivity contribution in [1.29, 1.82) is 0 Å². The molecule has 2 heterocycles. The lowest BCUT2D eigenvalue weighted by atomic mass is 10.1. The van der Waals surface area contributed by atoms with Gasteiger partial charge in [-0.25, -0.2) is 13.1 Å². The van der Waals surface area contributed by atoms with Crippen LogP contribution in [0, 0.1) is 0 Å². The highest BCUT2D eigenvalue weighted by Gasteiger charge is 2.25. The van der Waals surface area contributed by atoms with E-state index in [9.17, 15) is 8.42 Å². The Bertz CT molecular complexity index is 531. The molecule has 1 aliphatic heterocycles. The molecule has 1 aliphatic rings. The molecule has 0 aromatic carbocycles. The lowest BCUT2D eigenvalue weighted by Crippen LogP contribution is -2.46. The minimum Gasteiger partial charge on any atom is -0.349 e. The SMILES string of the molecule is CCn1cc(S(=O)(=O)NC2CCCN(C)C2)cc1CN. The summed E-state index contributed by atoms with van der Waals surface area (Å²) in [6.45, 7) is 4.82. The van der Waals surface area contributed by atoms with Crippen LogP contribution < -0.4 is 10.5 Å². The van der Waals surface area contributed by atoms with E-state index >= 15 is 0 Å². The molecular formula is C13H24N4O2S. The number of hydrogen-bond acceptors (Lipinski definition) is 4. The minimum absolute atomic E-state index is 0.00921. The minimum atomic E-state index is -3.46. The second-order valence-corrected chi connectivity index (χ2v) is 7.09. The van der Waals surface area contributed by atoms with Gasteiger partial charge in [-0.2, -0.15) is 0 Å². The molecule has 1 aromatic heterocycles. The third-order valence-electron chi connectivity index (χ3n) is 3.77. The van der Waals surface area contributed by atoms with Gasteiger partial charge >= 0.3 is 0 Å². The van der Waals surface area contributed by atoms with Gasteiger partial charge in [-0.3, -0.25) is 0 Å². The van der Waals surface area contributed by atoms with E-state index in [2.05, 4.69) is 9.62 Å². The van der Waals surface area contributed by atoms with E-state index in [1.54, 1.807) is 12.3 Å². The van der Waals surface area contributed by atoms with Crippen molar-refractivity contribution in [3.63, 3.8) is 0 Å². The molecule has 0 bridgehead atoms. The second kappa shape index (κ2) is 6.26. The van der Waals surface area contributed by atoms with E-state index in [4.69, 9.17) is 5.73 Å². The molecule has 0 spiro atoms. The fourth-order valence-electron chi connectivity index (χ4n) is 2.69. The Morgan fingerprint density at radius 1 is 1.50 bits per heavy atom. The molecule has 2 rings (SSSR count). The van der Waals surface area contributed by atoms with E-state index < -0.39 is 10.0 Å². The second-order valence-electron chi connectivity index (χ2n) is 5.38. The molecule has 1 saturated heterocycles. The van der Waals surface area contributed by atoms with Crippen LogP contribution in [0.2, 0.25) is 0 Å². The monoisotopic (exact) mass is 300 g/mol. The van der Waals surface area contributed by atoms with E-state index in [1.807, 2.05) is 18.5 Å². The molecule has 114 valence electrons. The number of aromatic nitrogens is 1. The fraction of sp³-hybridized carbons (Fsp3) is 0.692. The molecule has 0 aliphatic carbocycles. The quantitative estimate of drug-likeness (QED) is 0.822. The zero-order valence-corrected chi connectivity index (χ0v) is 13.0. The number of likely N-dealkylation sites (N-methyl/N-ethyl adjacent to an activating group) is 1. The Hall–Kier alpha value is -0.890. The molecule has 0 amide bonds. The summed E-state index contributed by atoms with van der Waals surface area (Å²) in [5.41, 5.74) is 6.48. The van der Waals surface area contributed by atoms with Gasteiger partial charge in [0.05, 0.1) is 4.90 Å². The van der Waals surface area contributed by atoms with E-state index in [0.717, 1.165) is 31.6 Å². The Balaban J connectivity index is 2.15. The summed E-state index contributed by atoms with van der Waals surface area (Å²) in [4.78, 5) is 2.46. The summed E-state index contributed by atoms with van der Waals surface area (Å²) < 4.78 is 29.5. The molecule has 6 nitrogen and oxygen atoms in total. The van der Waals surface area contributed by atoms with Crippen LogP contribution in [0.1, 0.15) is 25.5 Å². The molecule has 3 N–H and O–H groups in total. The van der Waals surface area contributed by atoms with Gasteiger partial charge in [-0.1, -0.05) is 0 Å². The first kappa shape index (κ1) is 15.5. The fourth-order valence-corrected chi connectivity index (χ4v) is 4.01. The molecule has 1 unspecified atom stereocenters. The molecule has 20 heavy (non-hydrogen) atoms. The van der Waals surface area contributed by atoms with Crippen LogP contribution >= 0.6 is 0 Å². The van der Waals surface area contributed by atoms with Crippen LogP contribution in [0.5, 0.6) is 0 Å². The molecular weight excluding hydrogens is 276 g/mol. The molecule has 1 fully saturated rings. The van der Waals surface area contributed by atoms with Crippen molar-refractivity contribution in [3.05, 3.63) is 18.0 Å². The van der Waals surface area contributed by atoms with Crippen molar-refractivity contribution in [1.82, 2.24) is 14.2 Å². The highest BCUT2D eigenvalue weighted by Crippen LogP contribution is 2.17. The average Bonchev–Trinajstić information content (AvgIpc) is 2.82. The largest absolute Gasteiger partial charge is 0.349 e. The van der Waals surface area contributed by atoms with Crippen LogP contribution in [0.15, 0.2) is 17.2 Å². The third kappa shape index (κ3) is 3.41. The lowest BCUT2D eigenvalue weighted by Gasteiger charge is -2.29. The van der Waals surface area contributed by atoms with Gasteiger partial charge in [0.15, 0.2) is 0 Å². The van der Waals surface area contributed by atoms with Gasteiger partial charge < -0.3 is 15.2 Å². The normalized spacial score (nSPS) is 21.2. The van der Waals surface area contributed by atoms with Gasteiger partial charge in [0.1, 0.15) is 0 Å². The van der Waals surface area contributed by atoms with Crippen LogP contribution in [0.4, 0.5) is 0 Å². The first-order valence-corrected chi connectivity index (χ1v) is 8.54. The van der Waals surface area contributed by atoms with Crippen LogP contribution in [-0.2, 0) is 23.1 Å². The number of sulfonamides is 1. The number of aryl methyl sites for hydroxylation is 1. The maximum atomic E-state index is 12.4. The van der Waals surface area contributed by atoms with Gasteiger partial charge in [0.2, 0.25) is 10.0 Å². The van der Waals surface area contributed by atoms with Crippen molar-refractivity contribution in [2.24, 2.45) is 5.73 Å². The molecule has 1 atom stereocenters. The topological polar surface area (TPSA) is 80.4 Å². The Labute approximate surface area is 121 Å². The number of nitrogens with zero attached hydrogens (tertiary/aromatic N) is 2. The van der Waals surface area contributed by atoms with Gasteiger partial charge in [-0.15, -0.1) is 0 Å². The lowest BCUT2D eigenvalue weighted by molar-refractivity contribution is 0.242. The molecule has 1 aromatic rings. The summed E-state index contributed by atoms with van der Waals surface area (Å²) in [6, 6.07) is 1.66. The molecule has 7 heteroatoms. The molecule has 0 radical (unpaired) electrons. The first-order chi connectivity index (χ1) is 9.46. The zero-order chi connectivity index (χ0) is 14.8. The predicted octanol–water partition coefficient (Wildman–Crippen LogP) is 0.339. The number of rotatable bonds is 5. The first-order valence-electron chi connectivity index (χ1n) is 7.06. The zero-order valence-electron chi connectivity index (χ0n) is 12.2.